The van der Waals surface area contributed by atoms with E-state index in [9.17, 15) is 10.4 Å². The van der Waals surface area contributed by atoms with Gasteiger partial charge in [0.1, 0.15) is 0 Å². The molecule has 0 aromatic carbocycles. The molecule has 2 saturated carbocycles. The Labute approximate surface area is 130 Å². The van der Waals surface area contributed by atoms with Gasteiger partial charge in [0.15, 0.2) is 0 Å². The maximum Gasteiger partial charge on any atom is 0.0866 e. The molecule has 2 atom stereocenters. The van der Waals surface area contributed by atoms with Crippen LogP contribution in [0.3, 0.4) is 0 Å². The van der Waals surface area contributed by atoms with Crippen molar-refractivity contribution in [3.05, 3.63) is 0 Å². The largest absolute Gasteiger partial charge is 0.388 e. The molecule has 0 aromatic heterocycles. The molecule has 1 N–H and O–H groups in total. The lowest BCUT2D eigenvalue weighted by atomic mass is 9.52. The first-order valence-corrected chi connectivity index (χ1v) is 8.99. The number of rotatable bonds is 1. The van der Waals surface area contributed by atoms with Gasteiger partial charge < -0.3 is 5.11 Å². The monoisotopic (exact) mass is 291 g/mol. The maximum atomic E-state index is 11.7. The Balaban J connectivity index is 2.37. The first-order chi connectivity index (χ1) is 9.86. The Bertz CT molecular complexity index is 381. The van der Waals surface area contributed by atoms with E-state index in [0.717, 1.165) is 44.9 Å². The van der Waals surface area contributed by atoms with Crippen LogP contribution in [0.25, 0.3) is 0 Å². The fourth-order valence-electron chi connectivity index (χ4n) is 5.03. The molecular weight excluding hydrogens is 258 g/mol. The lowest BCUT2D eigenvalue weighted by molar-refractivity contribution is -0.161. The minimum absolute atomic E-state index is 0.0708. The minimum atomic E-state index is -0.782. The smallest absolute Gasteiger partial charge is 0.0866 e. The van der Waals surface area contributed by atoms with Gasteiger partial charge in [-0.15, -0.1) is 0 Å². The Morgan fingerprint density at radius 2 is 1.43 bits per heavy atom. The first-order valence-electron chi connectivity index (χ1n) is 8.99. The number of nitrogens with zero attached hydrogens (tertiary/aromatic N) is 1. The molecular formula is C19H33NO. The molecule has 2 nitrogen and oxygen atoms in total. The molecule has 21 heavy (non-hydrogen) atoms. The van der Waals surface area contributed by atoms with Gasteiger partial charge in [-0.25, -0.2) is 0 Å². The van der Waals surface area contributed by atoms with Crippen LogP contribution in [0.1, 0.15) is 91.4 Å². The van der Waals surface area contributed by atoms with Crippen LogP contribution < -0.4 is 0 Å². The third-order valence-electron chi connectivity index (χ3n) is 6.17. The van der Waals surface area contributed by atoms with Crippen molar-refractivity contribution in [2.45, 2.75) is 97.0 Å². The van der Waals surface area contributed by atoms with Gasteiger partial charge >= 0.3 is 0 Å². The van der Waals surface area contributed by atoms with Gasteiger partial charge in [0, 0.05) is 0 Å². The fourth-order valence-corrected chi connectivity index (χ4v) is 5.03. The van der Waals surface area contributed by atoms with Crippen molar-refractivity contribution in [1.29, 1.82) is 5.26 Å². The van der Waals surface area contributed by atoms with E-state index in [0.29, 0.717) is 0 Å². The lowest BCUT2D eigenvalue weighted by Crippen LogP contribution is -2.58. The van der Waals surface area contributed by atoms with Crippen molar-refractivity contribution in [1.82, 2.24) is 0 Å². The first kappa shape index (κ1) is 16.8. The highest BCUT2D eigenvalue weighted by Crippen LogP contribution is 2.56. The van der Waals surface area contributed by atoms with Crippen molar-refractivity contribution in [3.63, 3.8) is 0 Å². The van der Waals surface area contributed by atoms with Crippen molar-refractivity contribution in [3.8, 4) is 6.07 Å². The number of hydrogen-bond donors (Lipinski definition) is 1. The van der Waals surface area contributed by atoms with Crippen LogP contribution in [-0.2, 0) is 0 Å². The summed E-state index contributed by atoms with van der Waals surface area (Å²) in [6, 6.07) is 2.65. The number of nitriles is 1. The second-order valence-corrected chi connectivity index (χ2v) is 8.55. The van der Waals surface area contributed by atoms with Gasteiger partial charge in [-0.2, -0.15) is 5.26 Å². The quantitative estimate of drug-likeness (QED) is 0.721. The molecule has 2 unspecified atom stereocenters. The summed E-state index contributed by atoms with van der Waals surface area (Å²) in [6.45, 7) is 6.71. The Morgan fingerprint density at radius 1 is 0.905 bits per heavy atom. The molecule has 2 aliphatic rings. The average molecular weight is 291 g/mol. The standard InChI is InChI=1S/C19H33NO/c1-17(2,3)16-11-7-10-14-19(16,21)18(15-20)12-8-5-4-6-9-13-18/h16,21H,4-14H2,1-3H3. The molecule has 0 heterocycles. The molecule has 120 valence electrons. The summed E-state index contributed by atoms with van der Waals surface area (Å²) in [7, 11) is 0. The Kier molecular flexibility index (Phi) is 5.03. The van der Waals surface area contributed by atoms with Crippen LogP contribution in [0, 0.1) is 28.1 Å². The van der Waals surface area contributed by atoms with E-state index in [1.807, 2.05) is 0 Å². The highest BCUT2D eigenvalue weighted by Gasteiger charge is 2.57. The molecule has 0 amide bonds. The van der Waals surface area contributed by atoms with Crippen molar-refractivity contribution in [2.75, 3.05) is 0 Å². The van der Waals surface area contributed by atoms with Crippen LogP contribution in [-0.4, -0.2) is 10.7 Å². The van der Waals surface area contributed by atoms with Crippen molar-refractivity contribution < 1.29 is 5.11 Å². The van der Waals surface area contributed by atoms with Crippen LogP contribution in [0.2, 0.25) is 0 Å². The average Bonchev–Trinajstić information content (AvgIpc) is 2.38. The summed E-state index contributed by atoms with van der Waals surface area (Å²) < 4.78 is 0. The van der Waals surface area contributed by atoms with E-state index in [1.165, 1.54) is 25.7 Å². The van der Waals surface area contributed by atoms with Gasteiger partial charge in [0.05, 0.1) is 17.1 Å². The molecule has 0 aromatic rings. The molecule has 2 fully saturated rings. The molecule has 0 radical (unpaired) electrons. The van der Waals surface area contributed by atoms with Gasteiger partial charge in [0.25, 0.3) is 0 Å². The zero-order valence-electron chi connectivity index (χ0n) is 14.2. The summed E-state index contributed by atoms with van der Waals surface area (Å²) >= 11 is 0. The fraction of sp³-hybridized carbons (Fsp3) is 0.947. The van der Waals surface area contributed by atoms with E-state index < -0.39 is 11.0 Å². The molecule has 2 rings (SSSR count). The molecule has 0 saturated heterocycles. The van der Waals surface area contributed by atoms with E-state index in [1.54, 1.807) is 0 Å². The molecule has 0 aliphatic heterocycles. The zero-order valence-corrected chi connectivity index (χ0v) is 14.2. The molecule has 2 heteroatoms. The minimum Gasteiger partial charge on any atom is -0.388 e. The predicted octanol–water partition coefficient (Wildman–Crippen LogP) is 5.21. The second-order valence-electron chi connectivity index (χ2n) is 8.55. The summed E-state index contributed by atoms with van der Waals surface area (Å²) in [5.41, 5.74) is -1.22. The number of hydrogen-bond acceptors (Lipinski definition) is 2. The maximum absolute atomic E-state index is 11.7. The summed E-state index contributed by atoms with van der Waals surface area (Å²) in [4.78, 5) is 0. The van der Waals surface area contributed by atoms with Gasteiger partial charge in [-0.1, -0.05) is 65.7 Å². The lowest BCUT2D eigenvalue weighted by Gasteiger charge is -2.54. The van der Waals surface area contributed by atoms with Gasteiger partial charge in [0.2, 0.25) is 0 Å². The van der Waals surface area contributed by atoms with Crippen LogP contribution >= 0.6 is 0 Å². The zero-order chi connectivity index (χ0) is 15.6. The summed E-state index contributed by atoms with van der Waals surface area (Å²) in [6.07, 6.45) is 11.9. The highest BCUT2D eigenvalue weighted by molar-refractivity contribution is 5.16. The normalized spacial score (nSPS) is 34.5. The Morgan fingerprint density at radius 3 is 1.95 bits per heavy atom. The van der Waals surface area contributed by atoms with Gasteiger partial charge in [-0.3, -0.25) is 0 Å². The van der Waals surface area contributed by atoms with Crippen molar-refractivity contribution >= 4 is 0 Å². The summed E-state index contributed by atoms with van der Waals surface area (Å²) in [5.74, 6) is 0.248. The van der Waals surface area contributed by atoms with Crippen LogP contribution in [0.15, 0.2) is 0 Å². The third kappa shape index (κ3) is 3.14. The van der Waals surface area contributed by atoms with Crippen LogP contribution in [0.4, 0.5) is 0 Å². The van der Waals surface area contributed by atoms with E-state index in [-0.39, 0.29) is 11.3 Å². The van der Waals surface area contributed by atoms with Crippen molar-refractivity contribution in [2.24, 2.45) is 16.7 Å². The third-order valence-corrected chi connectivity index (χ3v) is 6.17. The van der Waals surface area contributed by atoms with E-state index in [4.69, 9.17) is 0 Å². The highest BCUT2D eigenvalue weighted by atomic mass is 16.3. The van der Waals surface area contributed by atoms with E-state index >= 15 is 0 Å². The SMILES string of the molecule is CC(C)(C)C1CCCCC1(O)C1(C#N)CCCCCCC1. The summed E-state index contributed by atoms with van der Waals surface area (Å²) in [5, 5.41) is 21.8. The topological polar surface area (TPSA) is 44.0 Å². The number of aliphatic hydroxyl groups is 1. The van der Waals surface area contributed by atoms with Gasteiger partial charge in [-0.05, 0) is 37.0 Å². The second kappa shape index (κ2) is 6.29. The molecule has 0 bridgehead atoms. The Hall–Kier alpha value is -0.550. The van der Waals surface area contributed by atoms with E-state index in [2.05, 4.69) is 26.8 Å². The predicted molar refractivity (Wildman–Crippen MR) is 86.7 cm³/mol. The molecule has 2 aliphatic carbocycles. The molecule has 0 spiro atoms. The van der Waals surface area contributed by atoms with Crippen LogP contribution in [0.5, 0.6) is 0 Å².